The van der Waals surface area contributed by atoms with E-state index in [2.05, 4.69) is 10.3 Å². The minimum Gasteiger partial charge on any atom is -0.221 e. The van der Waals surface area contributed by atoms with E-state index < -0.39 is 34.6 Å². The number of benzene rings is 1. The molecule has 0 radical (unpaired) electrons. The van der Waals surface area contributed by atoms with Crippen LogP contribution in [0.15, 0.2) is 53.7 Å². The van der Waals surface area contributed by atoms with Crippen LogP contribution in [0.4, 0.5) is 17.6 Å². The van der Waals surface area contributed by atoms with Gasteiger partial charge in [0.15, 0.2) is 0 Å². The van der Waals surface area contributed by atoms with Crippen LogP contribution in [0.1, 0.15) is 18.5 Å². The van der Waals surface area contributed by atoms with Crippen LogP contribution in [-0.2, 0) is 10.0 Å². The summed E-state index contributed by atoms with van der Waals surface area (Å²) in [6, 6.07) is 3.46. The van der Waals surface area contributed by atoms with Crippen LogP contribution in [-0.4, -0.2) is 40.3 Å². The van der Waals surface area contributed by atoms with E-state index in [1.807, 2.05) is 0 Å². The second-order valence-corrected chi connectivity index (χ2v) is 7.56. The summed E-state index contributed by atoms with van der Waals surface area (Å²) in [5, 5.41) is 7.29. The van der Waals surface area contributed by atoms with Gasteiger partial charge in [0.2, 0.25) is 10.0 Å². The standard InChI is InChI=1S/C16H14F4N4O2S/c1-2-24(15(16(18,19)20)11-3-5-12(17)6-4-11)27(25,26)14-7-8-23-13(9-14)10-21-22-23/h3-10,15H,2H2,1H3. The third kappa shape index (κ3) is 3.65. The number of hydrogen-bond acceptors (Lipinski definition) is 4. The van der Waals surface area contributed by atoms with Gasteiger partial charge in [-0.1, -0.05) is 24.3 Å². The van der Waals surface area contributed by atoms with Gasteiger partial charge in [0, 0.05) is 12.7 Å². The molecule has 3 rings (SSSR count). The molecule has 2 aromatic heterocycles. The molecule has 0 N–H and O–H groups in total. The Kier molecular flexibility index (Phi) is 4.91. The molecular weight excluding hydrogens is 388 g/mol. The smallest absolute Gasteiger partial charge is 0.221 e. The van der Waals surface area contributed by atoms with Crippen LogP contribution in [0, 0.1) is 5.82 Å². The van der Waals surface area contributed by atoms with Gasteiger partial charge in [-0.3, -0.25) is 0 Å². The van der Waals surface area contributed by atoms with Gasteiger partial charge in [-0.2, -0.15) is 17.5 Å². The Balaban J connectivity index is 2.11. The molecule has 1 atom stereocenters. The Morgan fingerprint density at radius 2 is 1.85 bits per heavy atom. The highest BCUT2D eigenvalue weighted by atomic mass is 32.2. The fraction of sp³-hybridized carbons (Fsp3) is 0.250. The summed E-state index contributed by atoms with van der Waals surface area (Å²) in [7, 11) is -4.51. The van der Waals surface area contributed by atoms with Crippen LogP contribution < -0.4 is 0 Å². The Morgan fingerprint density at radius 1 is 1.19 bits per heavy atom. The Labute approximate surface area is 152 Å². The maximum absolute atomic E-state index is 13.8. The van der Waals surface area contributed by atoms with Crippen molar-refractivity contribution in [2.45, 2.75) is 24.0 Å². The van der Waals surface area contributed by atoms with Crippen LogP contribution in [0.25, 0.3) is 5.52 Å². The summed E-state index contributed by atoms with van der Waals surface area (Å²) < 4.78 is 82.0. The first-order chi connectivity index (χ1) is 12.6. The number of fused-ring (bicyclic) bond motifs is 1. The zero-order chi connectivity index (χ0) is 19.8. The molecule has 6 nitrogen and oxygen atoms in total. The number of hydrogen-bond donors (Lipinski definition) is 0. The maximum atomic E-state index is 13.8. The van der Waals surface area contributed by atoms with Crippen molar-refractivity contribution in [1.82, 2.24) is 19.1 Å². The van der Waals surface area contributed by atoms with E-state index in [4.69, 9.17) is 0 Å². The van der Waals surface area contributed by atoms with Crippen molar-refractivity contribution in [2.24, 2.45) is 0 Å². The van der Waals surface area contributed by atoms with E-state index in [9.17, 15) is 26.0 Å². The molecule has 0 bridgehead atoms. The van der Waals surface area contributed by atoms with Crippen molar-refractivity contribution in [1.29, 1.82) is 0 Å². The van der Waals surface area contributed by atoms with Gasteiger partial charge in [0.05, 0.1) is 16.6 Å². The molecule has 3 aromatic rings. The lowest BCUT2D eigenvalue weighted by Crippen LogP contribution is -2.42. The number of nitrogens with zero attached hydrogens (tertiary/aromatic N) is 4. The molecule has 0 saturated heterocycles. The van der Waals surface area contributed by atoms with Gasteiger partial charge in [0.1, 0.15) is 11.9 Å². The first-order valence-corrected chi connectivity index (χ1v) is 9.22. The predicted molar refractivity (Wildman–Crippen MR) is 87.7 cm³/mol. The van der Waals surface area contributed by atoms with Crippen LogP contribution >= 0.6 is 0 Å². The van der Waals surface area contributed by atoms with E-state index in [0.29, 0.717) is 9.82 Å². The molecule has 1 aromatic carbocycles. The normalized spacial score (nSPS) is 14.0. The van der Waals surface area contributed by atoms with Crippen molar-refractivity contribution < 1.29 is 26.0 Å². The number of aromatic nitrogens is 3. The van der Waals surface area contributed by atoms with Crippen LogP contribution in [0.2, 0.25) is 0 Å². The third-order valence-electron chi connectivity index (χ3n) is 3.97. The fourth-order valence-electron chi connectivity index (χ4n) is 2.76. The Hall–Kier alpha value is -2.53. The van der Waals surface area contributed by atoms with Crippen LogP contribution in [0.3, 0.4) is 0 Å². The molecule has 1 unspecified atom stereocenters. The number of sulfonamides is 1. The lowest BCUT2D eigenvalue weighted by atomic mass is 10.1. The molecule has 0 fully saturated rings. The van der Waals surface area contributed by atoms with Gasteiger partial charge in [-0.25, -0.2) is 17.3 Å². The molecule has 0 aliphatic carbocycles. The molecule has 0 spiro atoms. The molecule has 0 aliphatic heterocycles. The second kappa shape index (κ2) is 6.89. The lowest BCUT2D eigenvalue weighted by molar-refractivity contribution is -0.173. The molecule has 2 heterocycles. The minimum atomic E-state index is -4.90. The minimum absolute atomic E-state index is 0.317. The fourth-order valence-corrected chi connectivity index (χ4v) is 4.39. The monoisotopic (exact) mass is 402 g/mol. The molecular formula is C16H14F4N4O2S. The molecule has 11 heteroatoms. The van der Waals surface area contributed by atoms with Crippen molar-refractivity contribution in [3.8, 4) is 0 Å². The highest BCUT2D eigenvalue weighted by Gasteiger charge is 2.48. The zero-order valence-corrected chi connectivity index (χ0v) is 14.7. The average molecular weight is 402 g/mol. The first kappa shape index (κ1) is 19.2. The van der Waals surface area contributed by atoms with E-state index in [0.717, 1.165) is 30.3 Å². The molecule has 0 saturated carbocycles. The quantitative estimate of drug-likeness (QED) is 0.615. The van der Waals surface area contributed by atoms with Gasteiger partial charge in [0.25, 0.3) is 0 Å². The number of rotatable bonds is 5. The highest BCUT2D eigenvalue weighted by molar-refractivity contribution is 7.89. The lowest BCUT2D eigenvalue weighted by Gasteiger charge is -2.31. The summed E-state index contributed by atoms with van der Waals surface area (Å²) in [6.07, 6.45) is -2.32. The van der Waals surface area contributed by atoms with Gasteiger partial charge >= 0.3 is 6.18 Å². The number of pyridine rings is 1. The molecule has 27 heavy (non-hydrogen) atoms. The summed E-state index contributed by atoms with van der Waals surface area (Å²) in [4.78, 5) is -0.324. The van der Waals surface area contributed by atoms with Crippen molar-refractivity contribution >= 4 is 15.5 Å². The highest BCUT2D eigenvalue weighted by Crippen LogP contribution is 2.40. The van der Waals surface area contributed by atoms with E-state index in [1.165, 1.54) is 29.9 Å². The number of halogens is 4. The second-order valence-electron chi connectivity index (χ2n) is 5.67. The third-order valence-corrected chi connectivity index (χ3v) is 5.91. The van der Waals surface area contributed by atoms with Gasteiger partial charge in [-0.05, 0) is 29.8 Å². The SMILES string of the molecule is CCN(C(c1ccc(F)cc1)C(F)(F)F)S(=O)(=O)c1ccn2nncc2c1. The molecule has 0 aliphatic rings. The summed E-state index contributed by atoms with van der Waals surface area (Å²) in [6.45, 7) is 0.866. The van der Waals surface area contributed by atoms with Crippen molar-refractivity contribution in [3.63, 3.8) is 0 Å². The van der Waals surface area contributed by atoms with E-state index in [1.54, 1.807) is 0 Å². The topological polar surface area (TPSA) is 67.6 Å². The molecule has 144 valence electrons. The zero-order valence-electron chi connectivity index (χ0n) is 13.9. The Bertz CT molecular complexity index is 1050. The Morgan fingerprint density at radius 3 is 2.44 bits per heavy atom. The first-order valence-electron chi connectivity index (χ1n) is 7.78. The largest absolute Gasteiger partial charge is 0.409 e. The summed E-state index contributed by atoms with van der Waals surface area (Å²) >= 11 is 0. The summed E-state index contributed by atoms with van der Waals surface area (Å²) in [5.41, 5.74) is -0.0566. The summed E-state index contributed by atoms with van der Waals surface area (Å²) in [5.74, 6) is -0.718. The van der Waals surface area contributed by atoms with Crippen molar-refractivity contribution in [2.75, 3.05) is 6.54 Å². The predicted octanol–water partition coefficient (Wildman–Crippen LogP) is 3.18. The van der Waals surface area contributed by atoms with E-state index >= 15 is 0 Å². The molecule has 0 amide bonds. The maximum Gasteiger partial charge on any atom is 0.409 e. The van der Waals surface area contributed by atoms with Crippen molar-refractivity contribution in [3.05, 3.63) is 60.2 Å². The van der Waals surface area contributed by atoms with Crippen LogP contribution in [0.5, 0.6) is 0 Å². The average Bonchev–Trinajstić information content (AvgIpc) is 3.07. The van der Waals surface area contributed by atoms with E-state index in [-0.39, 0.29) is 10.5 Å². The number of alkyl halides is 3. The van der Waals surface area contributed by atoms with Gasteiger partial charge in [-0.15, -0.1) is 5.10 Å². The van der Waals surface area contributed by atoms with Gasteiger partial charge < -0.3 is 0 Å².